The molecule has 1 N–H and O–H groups in total. The Morgan fingerprint density at radius 2 is 2.26 bits per heavy atom. The first-order chi connectivity index (χ1) is 13.1. The van der Waals surface area contributed by atoms with Crippen molar-refractivity contribution in [2.24, 2.45) is 11.8 Å². The van der Waals surface area contributed by atoms with E-state index >= 15 is 0 Å². The molecular weight excluding hydrogens is 358 g/mol. The molecular formula is C20H27N5OS. The van der Waals surface area contributed by atoms with E-state index in [4.69, 9.17) is 0 Å². The van der Waals surface area contributed by atoms with Crippen molar-refractivity contribution < 1.29 is 4.79 Å². The maximum atomic E-state index is 12.5. The van der Waals surface area contributed by atoms with Crippen LogP contribution in [0.25, 0.3) is 11.4 Å². The van der Waals surface area contributed by atoms with Crippen molar-refractivity contribution in [2.75, 3.05) is 5.75 Å². The molecule has 7 heteroatoms. The normalized spacial score (nSPS) is 22.4. The molecule has 0 spiro atoms. The van der Waals surface area contributed by atoms with Crippen LogP contribution in [0.4, 0.5) is 0 Å². The standard InChI is InChI=1S/C20H27N5OS/c1-4-11-25-19(16-8-6-10-21-12-16)23-24-20(25)27-13-18(26)22-17-9-5-7-14(2)15(17)3/h4,6,8,10,12,14-15,17H,1,5,7,9,11,13H2,2-3H3,(H,22,26)/t14-,15+,17-/m1/s1. The van der Waals surface area contributed by atoms with Crippen LogP contribution < -0.4 is 5.32 Å². The Morgan fingerprint density at radius 3 is 3.00 bits per heavy atom. The number of hydrogen-bond acceptors (Lipinski definition) is 5. The molecule has 2 aromatic rings. The second-order valence-electron chi connectivity index (χ2n) is 7.18. The molecule has 2 aromatic heterocycles. The second kappa shape index (κ2) is 9.17. The summed E-state index contributed by atoms with van der Waals surface area (Å²) in [7, 11) is 0. The fraction of sp³-hybridized carbons (Fsp3) is 0.500. The highest BCUT2D eigenvalue weighted by Crippen LogP contribution is 2.30. The highest BCUT2D eigenvalue weighted by Gasteiger charge is 2.28. The molecule has 144 valence electrons. The minimum absolute atomic E-state index is 0.0574. The number of thioether (sulfide) groups is 1. The van der Waals surface area contributed by atoms with Gasteiger partial charge in [0.05, 0.1) is 5.75 Å². The van der Waals surface area contributed by atoms with Crippen molar-refractivity contribution in [3.63, 3.8) is 0 Å². The van der Waals surface area contributed by atoms with Crippen molar-refractivity contribution in [1.29, 1.82) is 0 Å². The van der Waals surface area contributed by atoms with Crippen LogP contribution in [0.15, 0.2) is 42.3 Å². The van der Waals surface area contributed by atoms with Crippen molar-refractivity contribution in [3.8, 4) is 11.4 Å². The van der Waals surface area contributed by atoms with E-state index in [2.05, 4.69) is 40.9 Å². The monoisotopic (exact) mass is 385 g/mol. The average Bonchev–Trinajstić information content (AvgIpc) is 3.07. The molecule has 1 amide bonds. The predicted octanol–water partition coefficient (Wildman–Crippen LogP) is 3.56. The minimum Gasteiger partial charge on any atom is -0.352 e. The van der Waals surface area contributed by atoms with Gasteiger partial charge in [0, 0.05) is 30.5 Å². The van der Waals surface area contributed by atoms with E-state index in [9.17, 15) is 4.79 Å². The van der Waals surface area contributed by atoms with Crippen LogP contribution in [0.2, 0.25) is 0 Å². The van der Waals surface area contributed by atoms with E-state index < -0.39 is 0 Å². The predicted molar refractivity (Wildman–Crippen MR) is 108 cm³/mol. The third-order valence-electron chi connectivity index (χ3n) is 5.33. The molecule has 0 saturated heterocycles. The molecule has 0 radical (unpaired) electrons. The Balaban J connectivity index is 1.64. The molecule has 0 unspecified atom stereocenters. The van der Waals surface area contributed by atoms with Crippen LogP contribution in [0.3, 0.4) is 0 Å². The van der Waals surface area contributed by atoms with Gasteiger partial charge in [-0.3, -0.25) is 14.3 Å². The lowest BCUT2D eigenvalue weighted by atomic mass is 9.78. The van der Waals surface area contributed by atoms with Gasteiger partial charge in [-0.2, -0.15) is 0 Å². The summed E-state index contributed by atoms with van der Waals surface area (Å²) in [4.78, 5) is 16.6. The van der Waals surface area contributed by atoms with Gasteiger partial charge in [-0.25, -0.2) is 0 Å². The first-order valence-electron chi connectivity index (χ1n) is 9.46. The summed E-state index contributed by atoms with van der Waals surface area (Å²) >= 11 is 1.41. The van der Waals surface area contributed by atoms with E-state index in [-0.39, 0.29) is 11.9 Å². The van der Waals surface area contributed by atoms with Crippen LogP contribution in [0, 0.1) is 11.8 Å². The maximum absolute atomic E-state index is 12.5. The van der Waals surface area contributed by atoms with Crippen LogP contribution in [0.1, 0.15) is 33.1 Å². The van der Waals surface area contributed by atoms with Gasteiger partial charge in [-0.05, 0) is 30.4 Å². The SMILES string of the molecule is C=CCn1c(SCC(=O)N[C@@H]2CCC[C@@H](C)[C@@H]2C)nnc1-c1cccnc1. The number of rotatable bonds is 7. The molecule has 0 bridgehead atoms. The van der Waals surface area contributed by atoms with Crippen LogP contribution >= 0.6 is 11.8 Å². The second-order valence-corrected chi connectivity index (χ2v) is 8.12. The highest BCUT2D eigenvalue weighted by molar-refractivity contribution is 7.99. The maximum Gasteiger partial charge on any atom is 0.230 e. The number of nitrogens with one attached hydrogen (secondary N) is 1. The number of amides is 1. The Hall–Kier alpha value is -2.15. The van der Waals surface area contributed by atoms with Crippen LogP contribution in [0.5, 0.6) is 0 Å². The molecule has 2 heterocycles. The molecule has 27 heavy (non-hydrogen) atoms. The molecule has 1 saturated carbocycles. The van der Waals surface area contributed by atoms with E-state index in [1.165, 1.54) is 24.6 Å². The van der Waals surface area contributed by atoms with Gasteiger partial charge >= 0.3 is 0 Å². The molecule has 1 aliphatic rings. The molecule has 0 aromatic carbocycles. The van der Waals surface area contributed by atoms with Crippen molar-refractivity contribution in [2.45, 2.75) is 50.9 Å². The summed E-state index contributed by atoms with van der Waals surface area (Å²) < 4.78 is 1.97. The van der Waals surface area contributed by atoms with Gasteiger partial charge in [-0.1, -0.05) is 44.5 Å². The van der Waals surface area contributed by atoms with Gasteiger partial charge in [0.15, 0.2) is 11.0 Å². The Kier molecular flexibility index (Phi) is 6.66. The summed E-state index contributed by atoms with van der Waals surface area (Å²) in [5.41, 5.74) is 0.896. The van der Waals surface area contributed by atoms with E-state index in [1.807, 2.05) is 16.7 Å². The lowest BCUT2D eigenvalue weighted by Gasteiger charge is -2.34. The molecule has 1 fully saturated rings. The van der Waals surface area contributed by atoms with Crippen LogP contribution in [-0.2, 0) is 11.3 Å². The van der Waals surface area contributed by atoms with Crippen molar-refractivity contribution in [3.05, 3.63) is 37.2 Å². The summed E-state index contributed by atoms with van der Waals surface area (Å²) in [5.74, 6) is 2.31. The third-order valence-corrected chi connectivity index (χ3v) is 6.30. The van der Waals surface area contributed by atoms with Gasteiger partial charge in [0.25, 0.3) is 0 Å². The lowest BCUT2D eigenvalue weighted by Crippen LogP contribution is -2.44. The summed E-state index contributed by atoms with van der Waals surface area (Å²) in [6.45, 7) is 8.91. The molecule has 0 aliphatic heterocycles. The van der Waals surface area contributed by atoms with Gasteiger partial charge < -0.3 is 5.32 Å². The van der Waals surface area contributed by atoms with E-state index in [0.29, 0.717) is 29.3 Å². The number of pyridine rings is 1. The first-order valence-corrected chi connectivity index (χ1v) is 10.5. The zero-order valence-corrected chi connectivity index (χ0v) is 16.8. The molecule has 6 nitrogen and oxygen atoms in total. The number of carbonyl (C=O) groups is 1. The lowest BCUT2D eigenvalue weighted by molar-refractivity contribution is -0.120. The molecule has 1 aliphatic carbocycles. The first kappa shape index (κ1) is 19.6. The topological polar surface area (TPSA) is 72.7 Å². The number of aromatic nitrogens is 4. The zero-order chi connectivity index (χ0) is 19.2. The van der Waals surface area contributed by atoms with Crippen molar-refractivity contribution in [1.82, 2.24) is 25.1 Å². The van der Waals surface area contributed by atoms with Crippen LogP contribution in [-0.4, -0.2) is 37.5 Å². The number of carbonyl (C=O) groups excluding carboxylic acids is 1. The minimum atomic E-state index is 0.0574. The number of allylic oxidation sites excluding steroid dienone is 1. The zero-order valence-electron chi connectivity index (χ0n) is 16.0. The Morgan fingerprint density at radius 1 is 1.41 bits per heavy atom. The smallest absolute Gasteiger partial charge is 0.230 e. The van der Waals surface area contributed by atoms with Crippen molar-refractivity contribution >= 4 is 17.7 Å². The third kappa shape index (κ3) is 4.77. The summed E-state index contributed by atoms with van der Waals surface area (Å²) in [5, 5.41) is 12.5. The molecule has 3 rings (SSSR count). The largest absolute Gasteiger partial charge is 0.352 e. The fourth-order valence-corrected chi connectivity index (χ4v) is 4.32. The summed E-state index contributed by atoms with van der Waals surface area (Å²) in [6, 6.07) is 4.09. The molecule has 3 atom stereocenters. The number of hydrogen-bond donors (Lipinski definition) is 1. The van der Waals surface area contributed by atoms with E-state index in [1.54, 1.807) is 18.5 Å². The Labute approximate surface area is 164 Å². The van der Waals surface area contributed by atoms with Gasteiger partial charge in [-0.15, -0.1) is 16.8 Å². The Bertz CT molecular complexity index is 776. The van der Waals surface area contributed by atoms with Gasteiger partial charge in [0.2, 0.25) is 5.91 Å². The average molecular weight is 386 g/mol. The summed E-state index contributed by atoms with van der Waals surface area (Å²) in [6.07, 6.45) is 8.80. The quantitative estimate of drug-likeness (QED) is 0.583. The fourth-order valence-electron chi connectivity index (χ4n) is 3.56. The highest BCUT2D eigenvalue weighted by atomic mass is 32.2. The number of nitrogens with zero attached hydrogens (tertiary/aromatic N) is 4. The van der Waals surface area contributed by atoms with E-state index in [0.717, 1.165) is 17.8 Å². The van der Waals surface area contributed by atoms with Gasteiger partial charge in [0.1, 0.15) is 0 Å².